The fraction of sp³-hybridized carbons (Fsp3) is 0.475. The van der Waals surface area contributed by atoms with Crippen LogP contribution in [0.1, 0.15) is 64.4 Å². The van der Waals surface area contributed by atoms with Gasteiger partial charge in [0, 0.05) is 24.6 Å². The van der Waals surface area contributed by atoms with Gasteiger partial charge < -0.3 is 25.0 Å². The first kappa shape index (κ1) is 34.4. The molecule has 254 valence electrons. The Balaban J connectivity index is 0.000000170. The molecule has 4 aliphatic rings. The number of allylic oxidation sites excluding steroid dienone is 1. The second-order valence-corrected chi connectivity index (χ2v) is 15.2. The van der Waals surface area contributed by atoms with Crippen LogP contribution in [0.3, 0.4) is 0 Å². The lowest BCUT2D eigenvalue weighted by molar-refractivity contribution is -0.182. The predicted molar refractivity (Wildman–Crippen MR) is 192 cm³/mol. The fourth-order valence-electron chi connectivity index (χ4n) is 9.62. The van der Waals surface area contributed by atoms with Crippen molar-refractivity contribution in [1.82, 2.24) is 0 Å². The normalized spacial score (nSPS) is 32.1. The number of aliphatic hydroxyl groups excluding tert-OH is 2. The van der Waals surface area contributed by atoms with E-state index in [1.54, 1.807) is 6.08 Å². The average molecular weight is 670 g/mol. The largest absolute Gasteiger partial charge is 0.432 e. The third kappa shape index (κ3) is 5.91. The van der Waals surface area contributed by atoms with Crippen molar-refractivity contribution in [2.24, 2.45) is 28.6 Å². The van der Waals surface area contributed by atoms with Crippen LogP contribution < -0.4 is 9.64 Å². The summed E-state index contributed by atoms with van der Waals surface area (Å²) in [4.78, 5) is 26.1. The molecule has 3 saturated carbocycles. The third-order valence-electron chi connectivity index (χ3n) is 12.2. The zero-order chi connectivity index (χ0) is 34.4. The summed E-state index contributed by atoms with van der Waals surface area (Å²) in [5.41, 5.74) is 0.980. The smallest absolute Gasteiger partial charge is 0.269 e. The Hall–Kier alpha value is -3.43. The molecule has 3 aromatic carbocycles. The summed E-state index contributed by atoms with van der Waals surface area (Å²) < 4.78 is 5.84. The molecular weight excluding hydrogens is 623 g/mol. The number of thiocarbonyl (C=S) groups is 1. The minimum Gasteiger partial charge on any atom is -0.432 e. The molecule has 3 N–H and O–H groups in total. The summed E-state index contributed by atoms with van der Waals surface area (Å²) in [7, 11) is 1.91. The summed E-state index contributed by atoms with van der Waals surface area (Å²) in [6.45, 7) is 5.52. The Morgan fingerprint density at radius 2 is 1.75 bits per heavy atom. The Morgan fingerprint density at radius 1 is 1.00 bits per heavy atom. The highest BCUT2D eigenvalue weighted by Crippen LogP contribution is 2.67. The highest BCUT2D eigenvalue weighted by atomic mass is 32.1. The zero-order valence-corrected chi connectivity index (χ0v) is 29.1. The van der Waals surface area contributed by atoms with Gasteiger partial charge in [-0.25, -0.2) is 0 Å². The number of aryl methyl sites for hydroxylation is 1. The Morgan fingerprint density at radius 3 is 2.48 bits per heavy atom. The molecule has 0 radical (unpaired) electrons. The van der Waals surface area contributed by atoms with Crippen LogP contribution in [0.25, 0.3) is 10.8 Å². The van der Waals surface area contributed by atoms with E-state index in [1.165, 1.54) is 16.5 Å². The second kappa shape index (κ2) is 13.1. The van der Waals surface area contributed by atoms with Crippen LogP contribution in [0.2, 0.25) is 0 Å². The minimum absolute atomic E-state index is 0.0697. The topological polar surface area (TPSA) is 107 Å². The van der Waals surface area contributed by atoms with Crippen molar-refractivity contribution in [2.45, 2.75) is 77.4 Å². The van der Waals surface area contributed by atoms with E-state index in [0.29, 0.717) is 24.4 Å². The van der Waals surface area contributed by atoms with Gasteiger partial charge in [0.15, 0.2) is 11.6 Å². The fourth-order valence-corrected chi connectivity index (χ4v) is 9.82. The number of carbonyl (C=O) groups is 2. The van der Waals surface area contributed by atoms with E-state index in [4.69, 9.17) is 17.0 Å². The molecule has 0 saturated heterocycles. The maximum atomic E-state index is 12.4. The Labute approximate surface area is 288 Å². The molecule has 0 heterocycles. The van der Waals surface area contributed by atoms with E-state index < -0.39 is 29.5 Å². The first-order valence-electron chi connectivity index (χ1n) is 17.1. The van der Waals surface area contributed by atoms with Gasteiger partial charge in [-0.2, -0.15) is 0 Å². The second-order valence-electron chi connectivity index (χ2n) is 14.8. The molecule has 8 heteroatoms. The van der Waals surface area contributed by atoms with Crippen LogP contribution in [-0.4, -0.2) is 57.4 Å². The maximum absolute atomic E-state index is 12.4. The maximum Gasteiger partial charge on any atom is 0.269 e. The number of hydrogen-bond donors (Lipinski definition) is 3. The molecular formula is C40H47NO6S. The van der Waals surface area contributed by atoms with Crippen molar-refractivity contribution < 1.29 is 29.6 Å². The van der Waals surface area contributed by atoms with Crippen LogP contribution in [0.4, 0.5) is 5.69 Å². The van der Waals surface area contributed by atoms with E-state index >= 15 is 0 Å². The summed E-state index contributed by atoms with van der Waals surface area (Å²) in [5.74, 6) is 0.893. The van der Waals surface area contributed by atoms with Crippen LogP contribution in [0.15, 0.2) is 78.4 Å². The average Bonchev–Trinajstić information content (AvgIpc) is 3.34. The molecule has 7 atom stereocenters. The molecule has 3 aromatic rings. The predicted octanol–water partition coefficient (Wildman–Crippen LogP) is 6.73. The number of aliphatic hydroxyl groups is 3. The van der Waals surface area contributed by atoms with E-state index in [9.17, 15) is 24.9 Å². The molecule has 0 amide bonds. The molecule has 0 unspecified atom stereocenters. The number of rotatable bonds is 4. The monoisotopic (exact) mass is 669 g/mol. The van der Waals surface area contributed by atoms with Crippen molar-refractivity contribution in [2.75, 3.05) is 18.6 Å². The Kier molecular flexibility index (Phi) is 9.41. The van der Waals surface area contributed by atoms with Crippen LogP contribution in [0.5, 0.6) is 5.75 Å². The summed E-state index contributed by atoms with van der Waals surface area (Å²) in [6.07, 6.45) is 5.74. The number of ether oxygens (including phenoxy) is 1. The van der Waals surface area contributed by atoms with E-state index in [0.717, 1.165) is 42.5 Å². The molecule has 0 spiro atoms. The van der Waals surface area contributed by atoms with Gasteiger partial charge in [-0.3, -0.25) is 9.59 Å². The van der Waals surface area contributed by atoms with Crippen LogP contribution in [0, 0.1) is 35.5 Å². The number of carbonyl (C=O) groups excluding carboxylic acids is 2. The van der Waals surface area contributed by atoms with Crippen LogP contribution >= 0.6 is 12.2 Å². The van der Waals surface area contributed by atoms with E-state index in [1.807, 2.05) is 61.3 Å². The minimum atomic E-state index is -1.54. The van der Waals surface area contributed by atoms with Crippen molar-refractivity contribution >= 4 is 45.4 Å². The van der Waals surface area contributed by atoms with Gasteiger partial charge in [0.2, 0.25) is 0 Å². The number of anilines is 1. The van der Waals surface area contributed by atoms with Crippen molar-refractivity contribution in [3.63, 3.8) is 0 Å². The number of benzene rings is 3. The number of Topliss-reactive ketones (excluding diaryl/α,β-unsaturated/α-hetero) is 1. The number of fused-ring (bicyclic) bond motifs is 6. The summed E-state index contributed by atoms with van der Waals surface area (Å²) in [6, 6.07) is 22.3. The summed E-state index contributed by atoms with van der Waals surface area (Å²) >= 11 is 5.41. The lowest BCUT2D eigenvalue weighted by Crippen LogP contribution is -2.62. The van der Waals surface area contributed by atoms with E-state index in [2.05, 4.69) is 38.1 Å². The zero-order valence-electron chi connectivity index (χ0n) is 28.3. The SMILES string of the molecule is C[C@]12CCC(=O)C=C1CC[C@@H]1[C@@H]2[C@@H](O)C[C@@]2(C)[C@H]1CC[C@]2(O)C(=O)CO.Cc1cccc(N(C)C(=S)Oc2ccc3ccccc3c2)c1. The third-order valence-corrected chi connectivity index (χ3v) is 12.6. The molecule has 48 heavy (non-hydrogen) atoms. The standard InChI is InChI=1S/C21H30O5.C19H17NOS/c1-19-7-5-13(23)9-12(19)3-4-14-15-6-8-21(26,17(25)11-22)20(15,2)10-16(24)18(14)19;1-14-6-5-9-17(12-14)20(2)19(22)21-18-11-10-15-7-3-4-8-16(15)13-18/h9,14-16,18,22,24,26H,3-8,10-11H2,1-2H3;3-13H,1-2H3/t14-,15-,16-,18+,19-,20-,21-;/m0./s1. The van der Waals surface area contributed by atoms with Gasteiger partial charge >= 0.3 is 0 Å². The van der Waals surface area contributed by atoms with Crippen LogP contribution in [-0.2, 0) is 9.59 Å². The van der Waals surface area contributed by atoms with Crippen molar-refractivity contribution in [1.29, 1.82) is 0 Å². The van der Waals surface area contributed by atoms with Gasteiger partial charge in [0.05, 0.1) is 6.10 Å². The molecule has 7 rings (SSSR count). The summed E-state index contributed by atoms with van der Waals surface area (Å²) in [5, 5.41) is 34.5. The Bertz CT molecular complexity index is 1770. The lowest BCUT2D eigenvalue weighted by atomic mass is 9.45. The first-order valence-corrected chi connectivity index (χ1v) is 17.5. The van der Waals surface area contributed by atoms with Gasteiger partial charge in [0.25, 0.3) is 5.17 Å². The molecule has 7 nitrogen and oxygen atoms in total. The lowest BCUT2D eigenvalue weighted by Gasteiger charge is -2.60. The van der Waals surface area contributed by atoms with E-state index in [-0.39, 0.29) is 29.0 Å². The van der Waals surface area contributed by atoms with Crippen molar-refractivity contribution in [3.8, 4) is 5.75 Å². The quantitative estimate of drug-likeness (QED) is 0.263. The highest BCUT2D eigenvalue weighted by Gasteiger charge is 2.68. The molecule has 0 aliphatic heterocycles. The molecule has 0 bridgehead atoms. The number of ketones is 2. The van der Waals surface area contributed by atoms with Gasteiger partial charge in [0.1, 0.15) is 18.0 Å². The number of nitrogens with zero attached hydrogens (tertiary/aromatic N) is 1. The molecule has 4 aliphatic carbocycles. The molecule has 3 fully saturated rings. The van der Waals surface area contributed by atoms with Gasteiger partial charge in [-0.15, -0.1) is 0 Å². The number of hydrogen-bond acceptors (Lipinski definition) is 7. The highest BCUT2D eigenvalue weighted by molar-refractivity contribution is 7.80. The van der Waals surface area contributed by atoms with Crippen molar-refractivity contribution in [3.05, 3.63) is 83.9 Å². The first-order chi connectivity index (χ1) is 22.8. The van der Waals surface area contributed by atoms with Gasteiger partial charge in [-0.05, 0) is 128 Å². The van der Waals surface area contributed by atoms with Gasteiger partial charge in [-0.1, -0.05) is 61.9 Å². The molecule has 0 aromatic heterocycles.